The minimum absolute atomic E-state index is 0.00904. The molecule has 0 unspecified atom stereocenters. The number of hydrogen-bond donors (Lipinski definition) is 3. The van der Waals surface area contributed by atoms with Crippen LogP contribution in [0.1, 0.15) is 37.0 Å². The monoisotopic (exact) mass is 250 g/mol. The molecule has 1 aromatic carbocycles. The fourth-order valence-electron chi connectivity index (χ4n) is 1.75. The number of phenolic OH excluding ortho intramolecular Hbond substituents is 1. The second-order valence-corrected chi connectivity index (χ2v) is 5.26. The van der Waals surface area contributed by atoms with E-state index in [-0.39, 0.29) is 17.1 Å². The summed E-state index contributed by atoms with van der Waals surface area (Å²) in [6, 6.07) is 6.54. The molecular weight excluding hydrogens is 228 g/mol. The van der Waals surface area contributed by atoms with E-state index in [1.807, 2.05) is 0 Å². The molecule has 0 saturated carbocycles. The Balaban J connectivity index is 2.54. The minimum Gasteiger partial charge on any atom is -0.507 e. The largest absolute Gasteiger partial charge is 0.507 e. The zero-order valence-corrected chi connectivity index (χ0v) is 11.1. The Hall–Kier alpha value is -1.55. The highest BCUT2D eigenvalue weighted by molar-refractivity contribution is 5.96. The zero-order chi connectivity index (χ0) is 13.6. The van der Waals surface area contributed by atoms with Crippen LogP contribution in [-0.4, -0.2) is 24.1 Å². The second kappa shape index (κ2) is 6.40. The summed E-state index contributed by atoms with van der Waals surface area (Å²) >= 11 is 0. The first-order chi connectivity index (χ1) is 8.46. The molecule has 0 radical (unpaired) electrons. The van der Waals surface area contributed by atoms with Gasteiger partial charge in [-0.3, -0.25) is 4.79 Å². The van der Waals surface area contributed by atoms with Crippen LogP contribution in [0.2, 0.25) is 0 Å². The van der Waals surface area contributed by atoms with Crippen molar-refractivity contribution in [1.29, 1.82) is 0 Å². The Labute approximate surface area is 108 Å². The summed E-state index contributed by atoms with van der Waals surface area (Å²) in [4.78, 5) is 11.9. The number of rotatable bonds is 6. The maximum Gasteiger partial charge on any atom is 0.255 e. The van der Waals surface area contributed by atoms with Gasteiger partial charge in [-0.05, 0) is 36.9 Å². The van der Waals surface area contributed by atoms with Crippen LogP contribution < -0.4 is 11.1 Å². The number of carbonyl (C=O) groups excluding carboxylic acids is 1. The molecule has 4 nitrogen and oxygen atoms in total. The lowest BCUT2D eigenvalue weighted by Gasteiger charge is -2.24. The highest BCUT2D eigenvalue weighted by atomic mass is 16.3. The van der Waals surface area contributed by atoms with Crippen molar-refractivity contribution >= 4 is 5.91 Å². The van der Waals surface area contributed by atoms with Gasteiger partial charge in [-0.25, -0.2) is 0 Å². The molecular formula is C14H22N2O2. The Morgan fingerprint density at radius 2 is 2.06 bits per heavy atom. The van der Waals surface area contributed by atoms with Crippen molar-refractivity contribution in [2.45, 2.75) is 26.7 Å². The van der Waals surface area contributed by atoms with Crippen molar-refractivity contribution in [3.05, 3.63) is 29.8 Å². The number of amides is 1. The zero-order valence-electron chi connectivity index (χ0n) is 11.1. The molecule has 4 heteroatoms. The van der Waals surface area contributed by atoms with Gasteiger partial charge in [0.1, 0.15) is 5.75 Å². The number of hydrogen-bond acceptors (Lipinski definition) is 3. The van der Waals surface area contributed by atoms with Gasteiger partial charge in [-0.15, -0.1) is 0 Å². The summed E-state index contributed by atoms with van der Waals surface area (Å²) in [6.45, 7) is 5.42. The molecule has 4 N–H and O–H groups in total. The summed E-state index contributed by atoms with van der Waals surface area (Å²) < 4.78 is 0. The van der Waals surface area contributed by atoms with E-state index in [1.54, 1.807) is 18.2 Å². The predicted octanol–water partition coefficient (Wildman–Crippen LogP) is 1.89. The molecule has 0 atom stereocenters. The second-order valence-electron chi connectivity index (χ2n) is 5.26. The van der Waals surface area contributed by atoms with Gasteiger partial charge in [0.15, 0.2) is 0 Å². The lowest BCUT2D eigenvalue weighted by atomic mass is 9.87. The molecule has 0 aliphatic carbocycles. The van der Waals surface area contributed by atoms with E-state index < -0.39 is 0 Å². The lowest BCUT2D eigenvalue weighted by molar-refractivity contribution is 0.0931. The van der Waals surface area contributed by atoms with Gasteiger partial charge in [0.25, 0.3) is 5.91 Å². The summed E-state index contributed by atoms with van der Waals surface area (Å²) in [5.41, 5.74) is 5.81. The number of para-hydroxylation sites is 1. The summed E-state index contributed by atoms with van der Waals surface area (Å²) in [5.74, 6) is -0.233. The predicted molar refractivity (Wildman–Crippen MR) is 72.5 cm³/mol. The van der Waals surface area contributed by atoms with E-state index in [1.165, 1.54) is 6.07 Å². The van der Waals surface area contributed by atoms with Crippen LogP contribution in [0.3, 0.4) is 0 Å². The standard InChI is InChI=1S/C14H22N2O2/c1-14(2,8-5-9-15)10-16-13(18)11-6-3-4-7-12(11)17/h3-4,6-7,17H,5,8-10,15H2,1-2H3,(H,16,18). The van der Waals surface area contributed by atoms with Crippen LogP contribution >= 0.6 is 0 Å². The van der Waals surface area contributed by atoms with E-state index in [9.17, 15) is 9.90 Å². The quantitative estimate of drug-likeness (QED) is 0.721. The molecule has 1 rings (SSSR count). The van der Waals surface area contributed by atoms with Crippen molar-refractivity contribution < 1.29 is 9.90 Å². The first-order valence-electron chi connectivity index (χ1n) is 6.22. The van der Waals surface area contributed by atoms with Crippen LogP contribution in [-0.2, 0) is 0 Å². The molecule has 0 aliphatic heterocycles. The van der Waals surface area contributed by atoms with Gasteiger partial charge < -0.3 is 16.2 Å². The molecule has 100 valence electrons. The number of benzene rings is 1. The normalized spacial score (nSPS) is 11.3. The van der Waals surface area contributed by atoms with E-state index in [0.717, 1.165) is 12.8 Å². The first kappa shape index (κ1) is 14.5. The number of carbonyl (C=O) groups is 1. The average molecular weight is 250 g/mol. The SMILES string of the molecule is CC(C)(CCCN)CNC(=O)c1ccccc1O. The van der Waals surface area contributed by atoms with Crippen molar-refractivity contribution in [3.63, 3.8) is 0 Å². The fourth-order valence-corrected chi connectivity index (χ4v) is 1.75. The van der Waals surface area contributed by atoms with Gasteiger partial charge >= 0.3 is 0 Å². The van der Waals surface area contributed by atoms with Gasteiger partial charge in [0.05, 0.1) is 5.56 Å². The van der Waals surface area contributed by atoms with Crippen molar-refractivity contribution in [1.82, 2.24) is 5.32 Å². The van der Waals surface area contributed by atoms with Crippen molar-refractivity contribution in [3.8, 4) is 5.75 Å². The average Bonchev–Trinajstić information content (AvgIpc) is 2.34. The van der Waals surface area contributed by atoms with E-state index in [4.69, 9.17) is 5.73 Å². The van der Waals surface area contributed by atoms with Crippen molar-refractivity contribution in [2.75, 3.05) is 13.1 Å². The van der Waals surface area contributed by atoms with Crippen LogP contribution in [0.4, 0.5) is 0 Å². The number of nitrogens with two attached hydrogens (primary N) is 1. The molecule has 1 amide bonds. The number of phenols is 1. The number of nitrogens with one attached hydrogen (secondary N) is 1. The topological polar surface area (TPSA) is 75.3 Å². The fraction of sp³-hybridized carbons (Fsp3) is 0.500. The Morgan fingerprint density at radius 3 is 2.67 bits per heavy atom. The van der Waals surface area contributed by atoms with E-state index in [2.05, 4.69) is 19.2 Å². The summed E-state index contributed by atoms with van der Waals surface area (Å²) in [5, 5.41) is 12.4. The molecule has 0 fully saturated rings. The van der Waals surface area contributed by atoms with Gasteiger partial charge in [0.2, 0.25) is 0 Å². The molecule has 0 saturated heterocycles. The Morgan fingerprint density at radius 1 is 1.39 bits per heavy atom. The number of aromatic hydroxyl groups is 1. The van der Waals surface area contributed by atoms with Crippen LogP contribution in [0, 0.1) is 5.41 Å². The maximum atomic E-state index is 11.9. The maximum absolute atomic E-state index is 11.9. The van der Waals surface area contributed by atoms with E-state index >= 15 is 0 Å². The summed E-state index contributed by atoms with van der Waals surface area (Å²) in [6.07, 6.45) is 1.91. The first-order valence-corrected chi connectivity index (χ1v) is 6.22. The molecule has 0 heterocycles. The van der Waals surface area contributed by atoms with E-state index in [0.29, 0.717) is 18.7 Å². The van der Waals surface area contributed by atoms with Gasteiger partial charge in [-0.1, -0.05) is 26.0 Å². The van der Waals surface area contributed by atoms with Gasteiger partial charge in [0, 0.05) is 6.54 Å². The third-order valence-corrected chi connectivity index (χ3v) is 2.93. The molecule has 18 heavy (non-hydrogen) atoms. The Bertz CT molecular complexity index is 403. The third kappa shape index (κ3) is 4.37. The van der Waals surface area contributed by atoms with Crippen LogP contribution in [0.15, 0.2) is 24.3 Å². The van der Waals surface area contributed by atoms with Crippen LogP contribution in [0.25, 0.3) is 0 Å². The van der Waals surface area contributed by atoms with Gasteiger partial charge in [-0.2, -0.15) is 0 Å². The molecule has 0 aromatic heterocycles. The highest BCUT2D eigenvalue weighted by Gasteiger charge is 2.19. The third-order valence-electron chi connectivity index (χ3n) is 2.93. The molecule has 1 aromatic rings. The lowest BCUT2D eigenvalue weighted by Crippen LogP contribution is -2.34. The highest BCUT2D eigenvalue weighted by Crippen LogP contribution is 2.21. The minimum atomic E-state index is -0.242. The smallest absolute Gasteiger partial charge is 0.255 e. The molecule has 0 spiro atoms. The Kier molecular flexibility index (Phi) is 5.16. The molecule has 0 aliphatic rings. The van der Waals surface area contributed by atoms with Crippen LogP contribution in [0.5, 0.6) is 5.75 Å². The van der Waals surface area contributed by atoms with Crippen molar-refractivity contribution in [2.24, 2.45) is 11.1 Å². The summed E-state index contributed by atoms with van der Waals surface area (Å²) in [7, 11) is 0. The molecule has 0 bridgehead atoms.